The smallest absolute Gasteiger partial charge is 0.255 e. The fourth-order valence-corrected chi connectivity index (χ4v) is 4.06. The van der Waals surface area contributed by atoms with Crippen LogP contribution in [-0.2, 0) is 0 Å². The molecule has 0 saturated carbocycles. The van der Waals surface area contributed by atoms with E-state index in [2.05, 4.69) is 20.1 Å². The van der Waals surface area contributed by atoms with Gasteiger partial charge in [-0.05, 0) is 43.2 Å². The summed E-state index contributed by atoms with van der Waals surface area (Å²) in [5, 5.41) is 4.17. The molecule has 1 aliphatic heterocycles. The molecule has 1 aliphatic rings. The number of para-hydroxylation sites is 2. The molecular weight excluding hydrogens is 432 g/mol. The van der Waals surface area contributed by atoms with Gasteiger partial charge in [-0.2, -0.15) is 5.10 Å². The fraction of sp³-hybridized carbons (Fsp3) is 0.240. The van der Waals surface area contributed by atoms with Gasteiger partial charge in [0, 0.05) is 43.8 Å². The summed E-state index contributed by atoms with van der Waals surface area (Å²) in [4.78, 5) is 28.4. The van der Waals surface area contributed by atoms with Gasteiger partial charge in [-0.3, -0.25) is 9.78 Å². The first kappa shape index (κ1) is 21.6. The van der Waals surface area contributed by atoms with Gasteiger partial charge in [0.2, 0.25) is 5.88 Å². The van der Waals surface area contributed by atoms with E-state index in [0.29, 0.717) is 41.8 Å². The Kier molecular flexibility index (Phi) is 6.15. The molecule has 0 N–H and O–H groups in total. The topological polar surface area (TPSA) is 95.3 Å². The average molecular weight is 457 g/mol. The fourth-order valence-electron chi connectivity index (χ4n) is 4.06. The number of amides is 1. The molecule has 1 aromatic carbocycles. The number of hydrogen-bond acceptors (Lipinski definition) is 7. The standard InChI is InChI=1S/C25H24N6O3/c1-33-21-7-2-3-8-22(21)34-24-16-26-15-20(29-24)19-6-4-12-30(17-19)25(32)18-9-10-23(27-14-18)31-13-5-11-28-31/h2-3,5,7-11,13-16,19H,4,6,12,17H2,1H3. The van der Waals surface area contributed by atoms with E-state index in [4.69, 9.17) is 9.47 Å². The number of benzene rings is 1. The zero-order valence-corrected chi connectivity index (χ0v) is 18.7. The number of piperidine rings is 1. The van der Waals surface area contributed by atoms with E-state index < -0.39 is 0 Å². The highest BCUT2D eigenvalue weighted by Crippen LogP contribution is 2.31. The van der Waals surface area contributed by atoms with Crippen LogP contribution in [0.15, 0.2) is 73.4 Å². The highest BCUT2D eigenvalue weighted by molar-refractivity contribution is 5.94. The number of methoxy groups -OCH3 is 1. The predicted octanol–water partition coefficient (Wildman–Crippen LogP) is 3.88. The molecule has 172 valence electrons. The Balaban J connectivity index is 1.29. The second-order valence-electron chi connectivity index (χ2n) is 7.98. The van der Waals surface area contributed by atoms with E-state index in [-0.39, 0.29) is 11.8 Å². The number of aromatic nitrogens is 5. The zero-order valence-electron chi connectivity index (χ0n) is 18.7. The molecule has 5 rings (SSSR count). The predicted molar refractivity (Wildman–Crippen MR) is 124 cm³/mol. The highest BCUT2D eigenvalue weighted by Gasteiger charge is 2.27. The number of nitrogens with zero attached hydrogens (tertiary/aromatic N) is 6. The maximum Gasteiger partial charge on any atom is 0.255 e. The summed E-state index contributed by atoms with van der Waals surface area (Å²) < 4.78 is 12.9. The first-order valence-electron chi connectivity index (χ1n) is 11.1. The summed E-state index contributed by atoms with van der Waals surface area (Å²) in [6, 6.07) is 12.8. The lowest BCUT2D eigenvalue weighted by Crippen LogP contribution is -2.39. The summed E-state index contributed by atoms with van der Waals surface area (Å²) in [6.45, 7) is 1.26. The maximum absolute atomic E-state index is 13.1. The van der Waals surface area contributed by atoms with Crippen molar-refractivity contribution in [2.75, 3.05) is 20.2 Å². The molecule has 0 bridgehead atoms. The van der Waals surface area contributed by atoms with E-state index in [1.54, 1.807) is 48.7 Å². The van der Waals surface area contributed by atoms with E-state index >= 15 is 0 Å². The molecule has 4 heterocycles. The van der Waals surface area contributed by atoms with Crippen LogP contribution in [0.25, 0.3) is 5.82 Å². The van der Waals surface area contributed by atoms with Crippen molar-refractivity contribution in [3.05, 3.63) is 84.7 Å². The van der Waals surface area contributed by atoms with Crippen molar-refractivity contribution in [3.63, 3.8) is 0 Å². The summed E-state index contributed by atoms with van der Waals surface area (Å²) in [5.41, 5.74) is 1.35. The number of likely N-dealkylation sites (tertiary alicyclic amines) is 1. The largest absolute Gasteiger partial charge is 0.493 e. The Morgan fingerprint density at radius 3 is 2.71 bits per heavy atom. The highest BCUT2D eigenvalue weighted by atomic mass is 16.5. The molecule has 1 amide bonds. The minimum atomic E-state index is -0.0430. The molecule has 1 saturated heterocycles. The summed E-state index contributed by atoms with van der Waals surface area (Å²) >= 11 is 0. The normalized spacial score (nSPS) is 15.7. The molecule has 1 fully saturated rings. The molecule has 34 heavy (non-hydrogen) atoms. The molecule has 9 nitrogen and oxygen atoms in total. The van der Waals surface area contributed by atoms with Gasteiger partial charge in [0.25, 0.3) is 5.91 Å². The second kappa shape index (κ2) is 9.70. The minimum Gasteiger partial charge on any atom is -0.493 e. The van der Waals surface area contributed by atoms with Crippen molar-refractivity contribution in [2.45, 2.75) is 18.8 Å². The monoisotopic (exact) mass is 456 g/mol. The van der Waals surface area contributed by atoms with Crippen LogP contribution in [0.2, 0.25) is 0 Å². The molecular formula is C25H24N6O3. The SMILES string of the molecule is COc1ccccc1Oc1cncc(C2CCCN(C(=O)c3ccc(-n4cccn4)nc3)C2)n1. The van der Waals surface area contributed by atoms with Crippen molar-refractivity contribution >= 4 is 5.91 Å². The Morgan fingerprint density at radius 2 is 1.94 bits per heavy atom. The molecule has 0 radical (unpaired) electrons. The Morgan fingerprint density at radius 1 is 1.06 bits per heavy atom. The Labute approximate surface area is 197 Å². The van der Waals surface area contributed by atoms with Crippen LogP contribution < -0.4 is 9.47 Å². The third kappa shape index (κ3) is 4.59. The summed E-state index contributed by atoms with van der Waals surface area (Å²) in [5.74, 6) is 2.28. The molecule has 1 atom stereocenters. The number of hydrogen-bond donors (Lipinski definition) is 0. The second-order valence-corrected chi connectivity index (χ2v) is 7.98. The third-order valence-electron chi connectivity index (χ3n) is 5.78. The van der Waals surface area contributed by atoms with Crippen molar-refractivity contribution in [1.82, 2.24) is 29.6 Å². The Hall–Kier alpha value is -4.27. The molecule has 0 spiro atoms. The van der Waals surface area contributed by atoms with E-state index in [1.165, 1.54) is 0 Å². The van der Waals surface area contributed by atoms with Gasteiger partial charge in [0.05, 0.1) is 24.6 Å². The number of carbonyl (C=O) groups excluding carboxylic acids is 1. The lowest BCUT2D eigenvalue weighted by Gasteiger charge is -2.32. The number of rotatable bonds is 6. The summed E-state index contributed by atoms with van der Waals surface area (Å²) in [6.07, 6.45) is 10.2. The maximum atomic E-state index is 13.1. The van der Waals surface area contributed by atoms with Crippen molar-refractivity contribution in [1.29, 1.82) is 0 Å². The molecule has 0 aliphatic carbocycles. The van der Waals surface area contributed by atoms with E-state index in [1.807, 2.05) is 41.4 Å². The number of ether oxygens (including phenoxy) is 2. The van der Waals surface area contributed by atoms with Crippen LogP contribution in [0.1, 0.15) is 34.8 Å². The average Bonchev–Trinajstić information content (AvgIpc) is 3.44. The van der Waals surface area contributed by atoms with Crippen LogP contribution in [0.5, 0.6) is 17.4 Å². The van der Waals surface area contributed by atoms with Crippen LogP contribution in [-0.4, -0.2) is 55.7 Å². The third-order valence-corrected chi connectivity index (χ3v) is 5.78. The van der Waals surface area contributed by atoms with Gasteiger partial charge < -0.3 is 14.4 Å². The van der Waals surface area contributed by atoms with Gasteiger partial charge in [-0.15, -0.1) is 0 Å². The van der Waals surface area contributed by atoms with Gasteiger partial charge in [0.1, 0.15) is 0 Å². The Bertz CT molecular complexity index is 1260. The van der Waals surface area contributed by atoms with Crippen LogP contribution in [0, 0.1) is 0 Å². The van der Waals surface area contributed by atoms with Crippen LogP contribution in [0.4, 0.5) is 0 Å². The van der Waals surface area contributed by atoms with Gasteiger partial charge in [-0.1, -0.05) is 12.1 Å². The molecule has 1 unspecified atom stereocenters. The lowest BCUT2D eigenvalue weighted by atomic mass is 9.94. The van der Waals surface area contributed by atoms with Gasteiger partial charge in [0.15, 0.2) is 17.3 Å². The van der Waals surface area contributed by atoms with Gasteiger partial charge >= 0.3 is 0 Å². The van der Waals surface area contributed by atoms with E-state index in [9.17, 15) is 4.79 Å². The van der Waals surface area contributed by atoms with Crippen molar-refractivity contribution in [2.24, 2.45) is 0 Å². The van der Waals surface area contributed by atoms with E-state index in [0.717, 1.165) is 18.5 Å². The molecule has 9 heteroatoms. The first-order chi connectivity index (χ1) is 16.7. The van der Waals surface area contributed by atoms with Crippen molar-refractivity contribution in [3.8, 4) is 23.2 Å². The number of carbonyl (C=O) groups is 1. The minimum absolute atomic E-state index is 0.0430. The number of pyridine rings is 1. The van der Waals surface area contributed by atoms with Crippen LogP contribution in [0.3, 0.4) is 0 Å². The van der Waals surface area contributed by atoms with Crippen LogP contribution >= 0.6 is 0 Å². The van der Waals surface area contributed by atoms with Gasteiger partial charge in [-0.25, -0.2) is 14.6 Å². The lowest BCUT2D eigenvalue weighted by molar-refractivity contribution is 0.0705. The first-order valence-corrected chi connectivity index (χ1v) is 11.1. The molecule has 3 aromatic heterocycles. The quantitative estimate of drug-likeness (QED) is 0.434. The molecule has 4 aromatic rings. The van der Waals surface area contributed by atoms with Crippen molar-refractivity contribution < 1.29 is 14.3 Å². The zero-order chi connectivity index (χ0) is 23.3. The summed E-state index contributed by atoms with van der Waals surface area (Å²) in [7, 11) is 1.60.